The lowest BCUT2D eigenvalue weighted by molar-refractivity contribution is 0.0385. The Balaban J connectivity index is 3.94. The minimum absolute atomic E-state index is 0.0819. The van der Waals surface area contributed by atoms with Gasteiger partial charge < -0.3 is 15.9 Å². The molecule has 0 saturated heterocycles. The number of hydrogen-bond donors (Lipinski definition) is 3. The van der Waals surface area contributed by atoms with Gasteiger partial charge >= 0.3 is 0 Å². The summed E-state index contributed by atoms with van der Waals surface area (Å²) < 4.78 is 0. The van der Waals surface area contributed by atoms with Crippen LogP contribution in [0.3, 0.4) is 0 Å². The third-order valence-corrected chi connectivity index (χ3v) is 2.16. The summed E-state index contributed by atoms with van der Waals surface area (Å²) in [5, 5.41) is 17.8. The molecule has 0 aromatic rings. The molecule has 62 valence electrons. The van der Waals surface area contributed by atoms with Gasteiger partial charge in [-0.2, -0.15) is 0 Å². The Morgan fingerprint density at radius 3 is 2.20 bits per heavy atom. The standard InChI is InChI=1S/C7H17NO2/c1-6(10)7(2,5-8)3-4-9/h6,9-10H,3-5,8H2,1-2H3. The molecule has 0 aromatic carbocycles. The van der Waals surface area contributed by atoms with Crippen molar-refractivity contribution < 1.29 is 10.2 Å². The molecule has 3 heteroatoms. The fourth-order valence-corrected chi connectivity index (χ4v) is 0.737. The molecule has 0 aliphatic carbocycles. The molecule has 10 heavy (non-hydrogen) atoms. The van der Waals surface area contributed by atoms with Crippen LogP contribution < -0.4 is 5.73 Å². The first-order chi connectivity index (χ1) is 4.56. The summed E-state index contributed by atoms with van der Waals surface area (Å²) in [6.07, 6.45) is 0.103. The lowest BCUT2D eigenvalue weighted by Crippen LogP contribution is -2.38. The highest BCUT2D eigenvalue weighted by Crippen LogP contribution is 2.23. The summed E-state index contributed by atoms with van der Waals surface area (Å²) in [6, 6.07) is 0. The molecule has 4 N–H and O–H groups in total. The molecule has 2 atom stereocenters. The summed E-state index contributed by atoms with van der Waals surface area (Å²) in [5.41, 5.74) is 5.10. The second kappa shape index (κ2) is 3.91. The van der Waals surface area contributed by atoms with E-state index < -0.39 is 6.10 Å². The molecule has 2 unspecified atom stereocenters. The van der Waals surface area contributed by atoms with Crippen LogP contribution in [0.15, 0.2) is 0 Å². The molecule has 0 amide bonds. The van der Waals surface area contributed by atoms with Crippen LogP contribution in [0.1, 0.15) is 20.3 Å². The van der Waals surface area contributed by atoms with E-state index in [0.717, 1.165) is 0 Å². The highest BCUT2D eigenvalue weighted by atomic mass is 16.3. The van der Waals surface area contributed by atoms with Gasteiger partial charge in [-0.15, -0.1) is 0 Å². The van der Waals surface area contributed by atoms with Crippen LogP contribution in [-0.2, 0) is 0 Å². The van der Waals surface area contributed by atoms with Gasteiger partial charge in [0.2, 0.25) is 0 Å². The number of aliphatic hydroxyl groups excluding tert-OH is 2. The largest absolute Gasteiger partial charge is 0.396 e. The van der Waals surface area contributed by atoms with E-state index in [9.17, 15) is 5.11 Å². The minimum atomic E-state index is -0.454. The fraction of sp³-hybridized carbons (Fsp3) is 1.00. The zero-order valence-electron chi connectivity index (χ0n) is 6.67. The van der Waals surface area contributed by atoms with Crippen LogP contribution in [0, 0.1) is 5.41 Å². The molecule has 0 saturated carbocycles. The zero-order valence-corrected chi connectivity index (χ0v) is 6.67. The maximum Gasteiger partial charge on any atom is 0.0578 e. The SMILES string of the molecule is CC(O)C(C)(CN)CCO. The number of aliphatic hydroxyl groups is 2. The van der Waals surface area contributed by atoms with Gasteiger partial charge in [0.05, 0.1) is 6.10 Å². The average Bonchev–Trinajstić information content (AvgIpc) is 1.88. The van der Waals surface area contributed by atoms with Crippen molar-refractivity contribution in [2.75, 3.05) is 13.2 Å². The van der Waals surface area contributed by atoms with E-state index in [-0.39, 0.29) is 12.0 Å². The summed E-state index contributed by atoms with van der Waals surface area (Å²) >= 11 is 0. The maximum absolute atomic E-state index is 9.21. The van der Waals surface area contributed by atoms with Gasteiger partial charge in [0.1, 0.15) is 0 Å². The Kier molecular flexibility index (Phi) is 3.86. The molecule has 0 spiro atoms. The number of rotatable bonds is 4. The highest BCUT2D eigenvalue weighted by molar-refractivity contribution is 4.79. The molecular formula is C7H17NO2. The quantitative estimate of drug-likeness (QED) is 0.512. The molecule has 0 heterocycles. The van der Waals surface area contributed by atoms with Crippen molar-refractivity contribution in [3.8, 4) is 0 Å². The van der Waals surface area contributed by atoms with E-state index in [0.29, 0.717) is 13.0 Å². The van der Waals surface area contributed by atoms with Gasteiger partial charge in [0.25, 0.3) is 0 Å². The van der Waals surface area contributed by atoms with Gasteiger partial charge in [-0.1, -0.05) is 6.92 Å². The van der Waals surface area contributed by atoms with E-state index in [1.165, 1.54) is 0 Å². The van der Waals surface area contributed by atoms with Gasteiger partial charge in [0, 0.05) is 18.6 Å². The first kappa shape index (κ1) is 9.88. The second-order valence-corrected chi connectivity index (χ2v) is 3.01. The maximum atomic E-state index is 9.21. The van der Waals surface area contributed by atoms with Gasteiger partial charge in [-0.25, -0.2) is 0 Å². The zero-order chi connectivity index (χ0) is 8.20. The summed E-state index contributed by atoms with van der Waals surface area (Å²) in [7, 11) is 0. The number of hydrogen-bond acceptors (Lipinski definition) is 3. The van der Waals surface area contributed by atoms with Crippen LogP contribution in [0.2, 0.25) is 0 Å². The molecule has 0 rings (SSSR count). The normalized spacial score (nSPS) is 20.1. The predicted octanol–water partition coefficient (Wildman–Crippen LogP) is -0.285. The van der Waals surface area contributed by atoms with Crippen molar-refractivity contribution in [1.29, 1.82) is 0 Å². The topological polar surface area (TPSA) is 66.5 Å². The van der Waals surface area contributed by atoms with Crippen molar-refractivity contribution in [1.82, 2.24) is 0 Å². The molecule has 0 aliphatic rings. The average molecular weight is 147 g/mol. The Bertz CT molecular complexity index is 95.6. The van der Waals surface area contributed by atoms with Gasteiger partial charge in [-0.3, -0.25) is 0 Å². The highest BCUT2D eigenvalue weighted by Gasteiger charge is 2.27. The molecule has 0 fully saturated rings. The first-order valence-corrected chi connectivity index (χ1v) is 3.56. The lowest BCUT2D eigenvalue weighted by atomic mass is 9.82. The third-order valence-electron chi connectivity index (χ3n) is 2.16. The third kappa shape index (κ3) is 2.25. The predicted molar refractivity (Wildman–Crippen MR) is 40.5 cm³/mol. The van der Waals surface area contributed by atoms with Crippen molar-refractivity contribution in [2.24, 2.45) is 11.1 Å². The second-order valence-electron chi connectivity index (χ2n) is 3.01. The molecule has 0 aliphatic heterocycles. The minimum Gasteiger partial charge on any atom is -0.396 e. The summed E-state index contributed by atoms with van der Waals surface area (Å²) in [5.74, 6) is 0. The summed E-state index contributed by atoms with van der Waals surface area (Å²) in [4.78, 5) is 0. The van der Waals surface area contributed by atoms with E-state index in [4.69, 9.17) is 10.8 Å². The van der Waals surface area contributed by atoms with Crippen molar-refractivity contribution in [3.05, 3.63) is 0 Å². The summed E-state index contributed by atoms with van der Waals surface area (Å²) in [6.45, 7) is 4.06. The lowest BCUT2D eigenvalue weighted by Gasteiger charge is -2.30. The van der Waals surface area contributed by atoms with E-state index in [1.807, 2.05) is 6.92 Å². The number of nitrogens with two attached hydrogens (primary N) is 1. The van der Waals surface area contributed by atoms with Crippen molar-refractivity contribution >= 4 is 0 Å². The van der Waals surface area contributed by atoms with Crippen LogP contribution in [0.4, 0.5) is 0 Å². The van der Waals surface area contributed by atoms with Crippen molar-refractivity contribution in [2.45, 2.75) is 26.4 Å². The Hall–Kier alpha value is -0.120. The fourth-order valence-electron chi connectivity index (χ4n) is 0.737. The van der Waals surface area contributed by atoms with E-state index in [1.54, 1.807) is 6.92 Å². The monoisotopic (exact) mass is 147 g/mol. The Labute approximate surface area is 61.9 Å². The molecule has 0 aromatic heterocycles. The van der Waals surface area contributed by atoms with Crippen LogP contribution in [-0.4, -0.2) is 29.5 Å². The molecular weight excluding hydrogens is 130 g/mol. The van der Waals surface area contributed by atoms with E-state index >= 15 is 0 Å². The Morgan fingerprint density at radius 2 is 2.10 bits per heavy atom. The van der Waals surface area contributed by atoms with E-state index in [2.05, 4.69) is 0 Å². The molecule has 3 nitrogen and oxygen atoms in total. The first-order valence-electron chi connectivity index (χ1n) is 3.56. The van der Waals surface area contributed by atoms with Crippen LogP contribution in [0.5, 0.6) is 0 Å². The smallest absolute Gasteiger partial charge is 0.0578 e. The van der Waals surface area contributed by atoms with Crippen LogP contribution in [0.25, 0.3) is 0 Å². The molecule has 0 bridgehead atoms. The molecule has 0 radical (unpaired) electrons. The van der Waals surface area contributed by atoms with Gasteiger partial charge in [-0.05, 0) is 13.3 Å². The van der Waals surface area contributed by atoms with Crippen molar-refractivity contribution in [3.63, 3.8) is 0 Å². The van der Waals surface area contributed by atoms with Crippen LogP contribution >= 0.6 is 0 Å². The van der Waals surface area contributed by atoms with Gasteiger partial charge in [0.15, 0.2) is 0 Å². The Morgan fingerprint density at radius 1 is 1.60 bits per heavy atom.